The average Bonchev–Trinajstić information content (AvgIpc) is 2.49. The Balaban J connectivity index is 3.48. The van der Waals surface area contributed by atoms with Gasteiger partial charge in [-0.1, -0.05) is 0 Å². The van der Waals surface area contributed by atoms with E-state index in [4.69, 9.17) is 28.4 Å². The summed E-state index contributed by atoms with van der Waals surface area (Å²) < 4.78 is 38.3. The van der Waals surface area contributed by atoms with Crippen LogP contribution in [0.2, 0.25) is 0 Å². The molecule has 0 aliphatic rings. The predicted octanol–water partition coefficient (Wildman–Crippen LogP) is 1.96. The molecule has 0 radical (unpaired) electrons. The summed E-state index contributed by atoms with van der Waals surface area (Å²) in [6.45, 7) is 7.99. The van der Waals surface area contributed by atoms with E-state index in [1.54, 1.807) is 20.8 Å². The lowest BCUT2D eigenvalue weighted by atomic mass is 10.4. The highest BCUT2D eigenvalue weighted by molar-refractivity contribution is 7.53. The lowest BCUT2D eigenvalue weighted by Gasteiger charge is -2.16. The molecule has 0 heterocycles. The molecule has 1 amide bonds. The Bertz CT molecular complexity index is 359. The fourth-order valence-electron chi connectivity index (χ4n) is 1.69. The molecule has 0 aromatic carbocycles. The van der Waals surface area contributed by atoms with Crippen LogP contribution in [0.4, 0.5) is 4.79 Å². The van der Waals surface area contributed by atoms with Gasteiger partial charge in [-0.15, -0.1) is 0 Å². The van der Waals surface area contributed by atoms with Crippen molar-refractivity contribution >= 4 is 13.7 Å². The number of nitrogens with one attached hydrogen (secondary N) is 1. The molecule has 0 aromatic rings. The van der Waals surface area contributed by atoms with Crippen LogP contribution in [0.3, 0.4) is 0 Å². The molecule has 0 saturated heterocycles. The highest BCUT2D eigenvalue weighted by Gasteiger charge is 2.22. The van der Waals surface area contributed by atoms with Crippen LogP contribution < -0.4 is 5.32 Å². The van der Waals surface area contributed by atoms with E-state index in [0.717, 1.165) is 0 Å². The van der Waals surface area contributed by atoms with E-state index in [1.165, 1.54) is 0 Å². The summed E-state index contributed by atoms with van der Waals surface area (Å²) in [4.78, 5) is 10.4. The second-order valence-electron chi connectivity index (χ2n) is 4.82. The van der Waals surface area contributed by atoms with Gasteiger partial charge in [0, 0.05) is 0 Å². The third-order valence-electron chi connectivity index (χ3n) is 2.64. The summed E-state index contributed by atoms with van der Waals surface area (Å²) in [6.07, 6.45) is -0.857. The maximum atomic E-state index is 12.1. The van der Waals surface area contributed by atoms with Gasteiger partial charge in [-0.2, -0.15) is 0 Å². The van der Waals surface area contributed by atoms with Crippen LogP contribution in [0.1, 0.15) is 20.8 Å². The Morgan fingerprint density at radius 2 is 1.50 bits per heavy atom. The smallest absolute Gasteiger partial charge is 0.404 e. The lowest BCUT2D eigenvalue weighted by molar-refractivity contribution is 0.0133. The van der Waals surface area contributed by atoms with Crippen molar-refractivity contribution in [3.63, 3.8) is 0 Å². The largest absolute Gasteiger partial charge is 0.465 e. The van der Waals surface area contributed by atoms with Crippen LogP contribution in [0, 0.1) is 0 Å². The molecule has 144 valence electrons. The number of amides is 1. The van der Waals surface area contributed by atoms with Gasteiger partial charge in [-0.3, -0.25) is 4.57 Å². The summed E-state index contributed by atoms with van der Waals surface area (Å²) >= 11 is 0. The maximum absolute atomic E-state index is 12.1. The number of rotatable bonds is 16. The maximum Gasteiger partial charge on any atom is 0.404 e. The first-order valence-electron chi connectivity index (χ1n) is 8.04. The molecule has 0 aliphatic carbocycles. The molecule has 0 saturated carbocycles. The Hall–Kier alpha value is -0.700. The summed E-state index contributed by atoms with van der Waals surface area (Å²) in [7, 11) is -3.04. The van der Waals surface area contributed by atoms with Crippen molar-refractivity contribution in [1.82, 2.24) is 5.32 Å². The van der Waals surface area contributed by atoms with Crippen LogP contribution in [0.5, 0.6) is 0 Å². The van der Waals surface area contributed by atoms with Gasteiger partial charge in [0.2, 0.25) is 0 Å². The van der Waals surface area contributed by atoms with E-state index >= 15 is 0 Å². The molecule has 1 atom stereocenters. The molecule has 2 N–H and O–H groups in total. The van der Waals surface area contributed by atoms with Gasteiger partial charge in [-0.05, 0) is 20.8 Å². The minimum atomic E-state index is -3.04. The van der Waals surface area contributed by atoms with Crippen molar-refractivity contribution in [2.75, 3.05) is 59.0 Å². The number of hydrogen-bond donors (Lipinski definition) is 2. The first-order chi connectivity index (χ1) is 11.4. The zero-order valence-corrected chi connectivity index (χ0v) is 15.6. The van der Waals surface area contributed by atoms with Gasteiger partial charge in [-0.25, -0.2) is 4.79 Å². The Kier molecular flexibility index (Phi) is 14.2. The number of hydrogen-bond acceptors (Lipinski definition) is 7. The zero-order chi connectivity index (χ0) is 18.3. The topological polar surface area (TPSA) is 113 Å². The van der Waals surface area contributed by atoms with Gasteiger partial charge < -0.3 is 33.7 Å². The fourth-order valence-corrected chi connectivity index (χ4v) is 3.16. The second kappa shape index (κ2) is 14.6. The highest BCUT2D eigenvalue weighted by atomic mass is 31.2. The van der Waals surface area contributed by atoms with Gasteiger partial charge in [0.1, 0.15) is 0 Å². The van der Waals surface area contributed by atoms with E-state index in [2.05, 4.69) is 5.32 Å². The van der Waals surface area contributed by atoms with Crippen molar-refractivity contribution < 1.29 is 37.7 Å². The Labute approximate surface area is 143 Å². The molecular weight excluding hydrogens is 341 g/mol. The SMILES string of the molecule is CCOP(=O)(CCOCCOCCOCC(C)NC(=O)O)OCC. The van der Waals surface area contributed by atoms with Crippen molar-refractivity contribution in [1.29, 1.82) is 0 Å². The number of carboxylic acid groups (broad SMARTS) is 1. The van der Waals surface area contributed by atoms with Crippen LogP contribution in [-0.2, 0) is 27.8 Å². The number of ether oxygens (including phenoxy) is 3. The van der Waals surface area contributed by atoms with Gasteiger partial charge in [0.15, 0.2) is 0 Å². The molecule has 0 spiro atoms. The van der Waals surface area contributed by atoms with Crippen molar-refractivity contribution in [2.45, 2.75) is 26.8 Å². The fraction of sp³-hybridized carbons (Fsp3) is 0.929. The van der Waals surface area contributed by atoms with Gasteiger partial charge in [0.05, 0.1) is 65.1 Å². The lowest BCUT2D eigenvalue weighted by Crippen LogP contribution is -2.35. The standard InChI is InChI=1S/C14H30NO8P/c1-4-22-24(18,23-5-2)11-10-20-7-6-19-8-9-21-12-13(3)15-14(16)17/h13,15H,4-12H2,1-3H3,(H,16,17). The third kappa shape index (κ3) is 13.7. The first-order valence-corrected chi connectivity index (χ1v) is 9.77. The minimum absolute atomic E-state index is 0.215. The Morgan fingerprint density at radius 1 is 1.00 bits per heavy atom. The van der Waals surface area contributed by atoms with Crippen molar-refractivity contribution in [2.24, 2.45) is 0 Å². The molecule has 0 aliphatic heterocycles. The molecule has 24 heavy (non-hydrogen) atoms. The monoisotopic (exact) mass is 371 g/mol. The van der Waals surface area contributed by atoms with Crippen LogP contribution in [0.25, 0.3) is 0 Å². The van der Waals surface area contributed by atoms with Crippen LogP contribution in [-0.4, -0.2) is 76.3 Å². The molecule has 0 rings (SSSR count). The van der Waals surface area contributed by atoms with Crippen LogP contribution >= 0.6 is 7.60 Å². The summed E-state index contributed by atoms with van der Waals surface area (Å²) in [5.74, 6) is 0. The van der Waals surface area contributed by atoms with E-state index < -0.39 is 13.7 Å². The molecule has 9 nitrogen and oxygen atoms in total. The minimum Gasteiger partial charge on any atom is -0.465 e. The van der Waals surface area contributed by atoms with E-state index in [1.807, 2.05) is 0 Å². The molecule has 1 unspecified atom stereocenters. The summed E-state index contributed by atoms with van der Waals surface area (Å²) in [5.41, 5.74) is 0. The van der Waals surface area contributed by atoms with Gasteiger partial charge in [0.25, 0.3) is 0 Å². The van der Waals surface area contributed by atoms with Gasteiger partial charge >= 0.3 is 13.7 Å². The predicted molar refractivity (Wildman–Crippen MR) is 88.8 cm³/mol. The third-order valence-corrected chi connectivity index (χ3v) is 4.68. The first kappa shape index (κ1) is 23.3. The van der Waals surface area contributed by atoms with Crippen molar-refractivity contribution in [3.05, 3.63) is 0 Å². The molecule has 10 heteroatoms. The second-order valence-corrected chi connectivity index (χ2v) is 7.01. The van der Waals surface area contributed by atoms with Crippen LogP contribution in [0.15, 0.2) is 0 Å². The normalized spacial score (nSPS) is 13.0. The quantitative estimate of drug-likeness (QED) is 0.313. The summed E-state index contributed by atoms with van der Waals surface area (Å²) in [6, 6.07) is -0.266. The zero-order valence-electron chi connectivity index (χ0n) is 14.7. The summed E-state index contributed by atoms with van der Waals surface area (Å²) in [5, 5.41) is 10.8. The Morgan fingerprint density at radius 3 is 2.00 bits per heavy atom. The van der Waals surface area contributed by atoms with E-state index in [0.29, 0.717) is 39.6 Å². The van der Waals surface area contributed by atoms with E-state index in [-0.39, 0.29) is 25.4 Å². The molecular formula is C14H30NO8P. The molecule has 0 fully saturated rings. The van der Waals surface area contributed by atoms with Crippen molar-refractivity contribution in [3.8, 4) is 0 Å². The molecule has 0 bridgehead atoms. The van der Waals surface area contributed by atoms with E-state index in [9.17, 15) is 9.36 Å². The molecule has 0 aromatic heterocycles. The average molecular weight is 371 g/mol. The number of carbonyl (C=O) groups is 1. The highest BCUT2D eigenvalue weighted by Crippen LogP contribution is 2.47.